The largest absolute Gasteiger partial charge is 0.355 e. The van der Waals surface area contributed by atoms with Crippen molar-refractivity contribution < 1.29 is 17.1 Å². The molecule has 326 valence electrons. The third-order valence-corrected chi connectivity index (χ3v) is 9.63. The maximum atomic E-state index is 6.76. The Balaban J connectivity index is -0.000000129. The van der Waals surface area contributed by atoms with Crippen LogP contribution in [0, 0.1) is 148 Å². The number of nitrogens with two attached hydrogens (primary N) is 2. The quantitative estimate of drug-likeness (QED) is 0.122. The molecule has 13 heteroatoms. The number of aliphatic imine (C=N–C) groups is 1. The lowest BCUT2D eigenvalue weighted by atomic mass is 9.73. The van der Waals surface area contributed by atoms with E-state index in [0.29, 0.717) is 6.54 Å². The van der Waals surface area contributed by atoms with Gasteiger partial charge in [-0.3, -0.25) is 4.99 Å². The molecular weight excluding hydrogens is 771 g/mol. The van der Waals surface area contributed by atoms with Crippen molar-refractivity contribution >= 4 is 11.7 Å². The first kappa shape index (κ1) is 46.0. The van der Waals surface area contributed by atoms with Gasteiger partial charge < -0.3 is 21.4 Å². The maximum absolute atomic E-state index is 6.76. The summed E-state index contributed by atoms with van der Waals surface area (Å²) in [6.07, 6.45) is 7.15. The van der Waals surface area contributed by atoms with E-state index in [4.69, 9.17) is 26.2 Å². The second-order valence-corrected chi connectivity index (χ2v) is 13.3. The summed E-state index contributed by atoms with van der Waals surface area (Å²) < 4.78 is 0. The highest BCUT2D eigenvalue weighted by molar-refractivity contribution is 6.00. The van der Waals surface area contributed by atoms with Crippen LogP contribution in [-0.4, -0.2) is 46.9 Å². The zero-order valence-corrected chi connectivity index (χ0v) is 34.8. The number of aromatic nitrogens is 2. The van der Waals surface area contributed by atoms with E-state index < -0.39 is 0 Å². The van der Waals surface area contributed by atoms with Gasteiger partial charge >= 0.3 is 0 Å². The summed E-state index contributed by atoms with van der Waals surface area (Å²) in [5.41, 5.74) is 18.9. The van der Waals surface area contributed by atoms with Crippen LogP contribution < -0.4 is 16.5 Å². The molecule has 3 aliphatic heterocycles. The molecule has 0 bridgehead atoms. The number of fused-ring (bicyclic) bond motifs is 2. The number of aryl methyl sites for hydroxylation is 1. The molecule has 1 atom stereocenters. The fraction of sp³-hybridized carbons (Fsp3) is 0.327. The lowest BCUT2D eigenvalue weighted by Gasteiger charge is -2.43. The Morgan fingerprint density at radius 2 is 1.19 bits per heavy atom. The van der Waals surface area contributed by atoms with Gasteiger partial charge in [-0.15, -0.1) is 0 Å². The van der Waals surface area contributed by atoms with Crippen LogP contribution in [0.15, 0.2) is 55.4 Å². The van der Waals surface area contributed by atoms with Crippen LogP contribution in [0.3, 0.4) is 0 Å². The van der Waals surface area contributed by atoms with Crippen LogP contribution in [0.4, 0.5) is 5.82 Å². The summed E-state index contributed by atoms with van der Waals surface area (Å²) in [5.74, 6) is 62.2. The monoisotopic (exact) mass is 836 g/mol. The Morgan fingerprint density at radius 3 is 1.68 bits per heavy atom. The first-order chi connectivity index (χ1) is 30.5. The molecule has 4 aliphatic rings. The van der Waals surface area contributed by atoms with Gasteiger partial charge in [-0.05, 0) is 191 Å². The summed E-state index contributed by atoms with van der Waals surface area (Å²) >= 11 is 0. The first-order valence-corrected chi connectivity index (χ1v) is 19.4. The average Bonchev–Trinajstić information content (AvgIpc) is 3.83. The molecule has 1 aromatic carbocycles. The zero-order chi connectivity index (χ0) is 44.1. The van der Waals surface area contributed by atoms with Crippen LogP contribution in [-0.2, 0) is 13.0 Å². The van der Waals surface area contributed by atoms with Gasteiger partial charge in [0.15, 0.2) is 5.84 Å². The van der Waals surface area contributed by atoms with Gasteiger partial charge in [-0.25, -0.2) is 9.97 Å². The van der Waals surface area contributed by atoms with Crippen LogP contribution in [0.5, 0.6) is 0 Å². The van der Waals surface area contributed by atoms with E-state index in [2.05, 4.69) is 203 Å². The molecule has 1 aromatic heterocycles. The van der Waals surface area contributed by atoms with Gasteiger partial charge in [0.2, 0.25) is 0 Å². The molecule has 6 rings (SSSR count). The Labute approximate surface area is 382 Å². The van der Waals surface area contributed by atoms with Crippen molar-refractivity contribution in [3.05, 3.63) is 52.5 Å². The highest BCUT2D eigenvalue weighted by Gasteiger charge is 2.46. The maximum Gasteiger partial charge on any atom is 0.152 e. The molecule has 0 amide bonds. The molecule has 2 fully saturated rings. The van der Waals surface area contributed by atoms with E-state index in [1.807, 2.05) is 0 Å². The minimum absolute atomic E-state index is 0. The van der Waals surface area contributed by atoms with Gasteiger partial charge in [0, 0.05) is 73.0 Å². The standard InChI is InChI=1S/C25H32N6.C24H6.H3N7.12H2/c1-17-23(29-20-16-27-24(21(20)28-17)30-11-5-2-6-12-30)31-13-9-25(10-14-31)15-18-7-3-4-8-19(18)22(25)26;1-3-5-7-9-11-13-15-17-19-21-23-24-22-20-18-16-14-12-10-8-6-4-2;1-3-5-7-6-4-2;;;;;;;;;;;;/h3-4,7-8,22H,2,5-6,9-16,26H2,1H3;1-2H3;(H3,1,2,5,6);12*1H/t22-;;;;;;;;;;;;;;/m1............../s1. The fourth-order valence-electron chi connectivity index (χ4n) is 6.93. The number of likely N-dealkylation sites (tertiary alicyclic amines) is 1. The Morgan fingerprint density at radius 1 is 0.677 bits per heavy atom. The number of nitrogens with one attached hydrogen (secondary N) is 1. The van der Waals surface area contributed by atoms with E-state index in [9.17, 15) is 0 Å². The van der Waals surface area contributed by atoms with Crippen LogP contribution in [0.2, 0.25) is 0 Å². The molecule has 13 nitrogen and oxygen atoms in total. The second kappa shape index (κ2) is 26.3. The molecule has 0 unspecified atom stereocenters. The Kier molecular flexibility index (Phi) is 19.5. The van der Waals surface area contributed by atoms with Gasteiger partial charge in [0.05, 0.1) is 17.9 Å². The lowest BCUT2D eigenvalue weighted by molar-refractivity contribution is 0.187. The molecule has 4 heterocycles. The minimum atomic E-state index is 0. The van der Waals surface area contributed by atoms with Crippen molar-refractivity contribution in [2.75, 3.05) is 31.1 Å². The topological polar surface area (TPSA) is 182 Å². The van der Waals surface area contributed by atoms with Crippen molar-refractivity contribution in [1.29, 1.82) is 5.53 Å². The molecule has 2 saturated heterocycles. The molecule has 2 aromatic rings. The number of benzene rings is 1. The van der Waals surface area contributed by atoms with E-state index >= 15 is 0 Å². The molecule has 1 spiro atoms. The van der Waals surface area contributed by atoms with Crippen molar-refractivity contribution in [1.82, 2.24) is 14.9 Å². The highest BCUT2D eigenvalue weighted by Crippen LogP contribution is 2.51. The number of amidine groups is 1. The molecule has 1 aliphatic carbocycles. The number of hydrogen-bond acceptors (Lipinski definition) is 8. The number of piperidine rings is 2. The molecule has 5 N–H and O–H groups in total. The van der Waals surface area contributed by atoms with Crippen LogP contribution in [0.25, 0.3) is 0 Å². The first-order valence-electron chi connectivity index (χ1n) is 19.4. The summed E-state index contributed by atoms with van der Waals surface area (Å²) in [6.45, 7) is 10.4. The zero-order valence-electron chi connectivity index (χ0n) is 34.8. The Hall–Kier alpha value is -8.71. The van der Waals surface area contributed by atoms with Gasteiger partial charge in [-0.1, -0.05) is 41.3 Å². The van der Waals surface area contributed by atoms with E-state index in [1.165, 1.54) is 30.4 Å². The van der Waals surface area contributed by atoms with Gasteiger partial charge in [0.1, 0.15) is 11.5 Å². The normalized spacial score (nSPS) is 14.9. The molecular formula is C49H65N13. The van der Waals surface area contributed by atoms with Crippen molar-refractivity contribution in [2.45, 2.75) is 71.9 Å². The number of hydrogen-bond donors (Lipinski definition) is 3. The number of anilines is 1. The molecule has 62 heavy (non-hydrogen) atoms. The van der Waals surface area contributed by atoms with Gasteiger partial charge in [0.25, 0.3) is 0 Å². The van der Waals surface area contributed by atoms with Gasteiger partial charge in [-0.2, -0.15) is 5.53 Å². The van der Waals surface area contributed by atoms with E-state index in [-0.39, 0.29) is 28.6 Å². The number of rotatable bonds is 3. The summed E-state index contributed by atoms with van der Waals surface area (Å²) in [6, 6.07) is 8.89. The average molecular weight is 836 g/mol. The highest BCUT2D eigenvalue weighted by atomic mass is 15.6. The number of nitrogens with zero attached hydrogens (tertiary/aromatic N) is 10. The summed E-state index contributed by atoms with van der Waals surface area (Å²) in [4.78, 5) is 19.8. The summed E-state index contributed by atoms with van der Waals surface area (Å²) in [5, 5.41) is 13.5. The fourth-order valence-corrected chi connectivity index (χ4v) is 6.93. The predicted octanol–water partition coefficient (Wildman–Crippen LogP) is 8.01. The SMILES string of the molecule is CC#CC#CC#CC#CC#CC#CC#CC#CC#CC#CC#CC.Cc1nc2c(nc1N1CCC3(CC1)Cc1ccccc1[C@H]3N)CN=C2N1CCCCC1.N=N/N=N/N=N/N.[HH].[HH].[HH].[HH].[HH].[HH].[HH].[HH].[HH].[HH].[HH].[HH]. The minimum Gasteiger partial charge on any atom is -0.355 e. The smallest absolute Gasteiger partial charge is 0.152 e. The summed E-state index contributed by atoms with van der Waals surface area (Å²) in [7, 11) is 0. The van der Waals surface area contributed by atoms with E-state index in [1.54, 1.807) is 13.8 Å². The Bertz CT molecular complexity index is 2750. The third-order valence-electron chi connectivity index (χ3n) is 9.63. The van der Waals surface area contributed by atoms with Crippen LogP contribution in [0.1, 0.15) is 97.3 Å². The third kappa shape index (κ3) is 14.3. The molecule has 0 radical (unpaired) electrons. The van der Waals surface area contributed by atoms with Crippen molar-refractivity contribution in [2.24, 2.45) is 48.1 Å². The second-order valence-electron chi connectivity index (χ2n) is 13.3. The van der Waals surface area contributed by atoms with Crippen molar-refractivity contribution in [3.63, 3.8) is 0 Å². The van der Waals surface area contributed by atoms with E-state index in [0.717, 1.165) is 74.2 Å². The molecule has 0 saturated carbocycles. The lowest BCUT2D eigenvalue weighted by Crippen LogP contribution is -2.45. The van der Waals surface area contributed by atoms with Crippen molar-refractivity contribution in [3.8, 4) is 130 Å². The van der Waals surface area contributed by atoms with Crippen LogP contribution >= 0.6 is 0 Å². The predicted molar refractivity (Wildman–Crippen MR) is 265 cm³/mol.